The van der Waals surface area contributed by atoms with Gasteiger partial charge in [-0.1, -0.05) is 5.16 Å². The molecular weight excluding hydrogens is 294 g/mol. The summed E-state index contributed by atoms with van der Waals surface area (Å²) in [6.07, 6.45) is 0.970. The van der Waals surface area contributed by atoms with E-state index in [1.807, 2.05) is 0 Å². The number of aromatic nitrogens is 2. The number of fused-ring (bicyclic) bond motifs is 2. The van der Waals surface area contributed by atoms with Gasteiger partial charge < -0.3 is 15.2 Å². The number of carbonyl (C=O) groups excluding carboxylic acids is 1. The second-order valence-corrected chi connectivity index (χ2v) is 5.51. The van der Waals surface area contributed by atoms with E-state index >= 15 is 0 Å². The van der Waals surface area contributed by atoms with E-state index < -0.39 is 28.5 Å². The van der Waals surface area contributed by atoms with Gasteiger partial charge in [0.05, 0.1) is 12.1 Å². The van der Waals surface area contributed by atoms with E-state index in [2.05, 4.69) is 18.9 Å². The molecule has 2 saturated heterocycles. The number of rotatable bonds is 3. The number of hydrogen-bond donors (Lipinski definition) is 2. The van der Waals surface area contributed by atoms with E-state index in [4.69, 9.17) is 10.3 Å². The molecule has 0 spiro atoms. The molecule has 2 bridgehead atoms. The molecule has 110 valence electrons. The smallest absolute Gasteiger partial charge is 0.351 e. The Labute approximate surface area is 113 Å². The van der Waals surface area contributed by atoms with Crippen molar-refractivity contribution in [1.82, 2.24) is 20.1 Å². The van der Waals surface area contributed by atoms with Gasteiger partial charge in [-0.15, -0.1) is 4.28 Å². The Kier molecular flexibility index (Phi) is 2.81. The minimum absolute atomic E-state index is 0.111. The van der Waals surface area contributed by atoms with Crippen LogP contribution in [0.3, 0.4) is 0 Å². The Morgan fingerprint density at radius 3 is 2.80 bits per heavy atom. The van der Waals surface area contributed by atoms with Gasteiger partial charge in [-0.05, 0) is 12.8 Å². The average molecular weight is 305 g/mol. The lowest BCUT2D eigenvalue weighted by Gasteiger charge is -2.27. The van der Waals surface area contributed by atoms with Crippen molar-refractivity contribution in [2.45, 2.75) is 24.9 Å². The van der Waals surface area contributed by atoms with Gasteiger partial charge in [0, 0.05) is 6.54 Å². The molecule has 3 rings (SSSR count). The number of nitrogens with two attached hydrogens (primary N) is 1. The van der Waals surface area contributed by atoms with Crippen LogP contribution in [0.4, 0.5) is 10.8 Å². The predicted molar refractivity (Wildman–Crippen MR) is 61.0 cm³/mol. The first-order valence-electron chi connectivity index (χ1n) is 5.71. The van der Waals surface area contributed by atoms with E-state index in [1.165, 1.54) is 4.90 Å². The van der Waals surface area contributed by atoms with Crippen molar-refractivity contribution in [1.29, 1.82) is 0 Å². The Hall–Kier alpha value is -1.92. The van der Waals surface area contributed by atoms with Crippen LogP contribution in [0.5, 0.6) is 0 Å². The van der Waals surface area contributed by atoms with Crippen LogP contribution in [0.15, 0.2) is 4.52 Å². The third-order valence-corrected chi connectivity index (χ3v) is 3.60. The van der Waals surface area contributed by atoms with Gasteiger partial charge in [0.2, 0.25) is 0 Å². The number of hydrogen-bond acceptors (Lipinski definition) is 8. The van der Waals surface area contributed by atoms with Crippen LogP contribution in [0.1, 0.15) is 24.7 Å². The molecule has 20 heavy (non-hydrogen) atoms. The number of urea groups is 1. The number of amides is 2. The molecule has 0 unspecified atom stereocenters. The van der Waals surface area contributed by atoms with Crippen molar-refractivity contribution < 1.29 is 26.6 Å². The fourth-order valence-corrected chi connectivity index (χ4v) is 2.87. The Balaban J connectivity index is 1.84. The normalized spacial score (nSPS) is 26.4. The van der Waals surface area contributed by atoms with Crippen LogP contribution < -0.4 is 5.73 Å². The molecule has 0 saturated carbocycles. The first-order chi connectivity index (χ1) is 9.35. The van der Waals surface area contributed by atoms with Crippen LogP contribution >= 0.6 is 0 Å². The second kappa shape index (κ2) is 4.29. The number of nitrogen functional groups attached to an aromatic ring is 1. The lowest BCUT2D eigenvalue weighted by Crippen LogP contribution is -2.35. The van der Waals surface area contributed by atoms with Crippen molar-refractivity contribution in [3.8, 4) is 0 Å². The summed E-state index contributed by atoms with van der Waals surface area (Å²) in [5.41, 5.74) is 5.34. The van der Waals surface area contributed by atoms with Crippen LogP contribution in [0.25, 0.3) is 0 Å². The molecule has 1 aromatic heterocycles. The third-order valence-electron chi connectivity index (χ3n) is 3.25. The Bertz CT molecular complexity index is 644. The molecule has 0 radical (unpaired) electrons. The van der Waals surface area contributed by atoms with Gasteiger partial charge in [0.15, 0.2) is 5.82 Å². The van der Waals surface area contributed by atoms with Crippen molar-refractivity contribution in [3.63, 3.8) is 0 Å². The molecule has 2 aliphatic rings. The maximum atomic E-state index is 12.1. The lowest BCUT2D eigenvalue weighted by atomic mass is 10.0. The highest BCUT2D eigenvalue weighted by atomic mass is 32.3. The quantitative estimate of drug-likeness (QED) is 0.692. The van der Waals surface area contributed by atoms with Gasteiger partial charge in [-0.3, -0.25) is 4.55 Å². The summed E-state index contributed by atoms with van der Waals surface area (Å²) in [5, 5.41) is 4.31. The molecular formula is C8H11N5O6S. The van der Waals surface area contributed by atoms with E-state index in [0.717, 1.165) is 0 Å². The summed E-state index contributed by atoms with van der Waals surface area (Å²) >= 11 is 0. The van der Waals surface area contributed by atoms with Crippen molar-refractivity contribution >= 4 is 22.4 Å². The molecule has 2 atom stereocenters. The number of anilines is 1. The lowest BCUT2D eigenvalue weighted by molar-refractivity contribution is -0.0317. The largest absolute Gasteiger partial charge is 0.418 e. The predicted octanol–water partition coefficient (Wildman–Crippen LogP) is -0.673. The molecule has 2 fully saturated rings. The van der Waals surface area contributed by atoms with Crippen LogP contribution in [0.2, 0.25) is 0 Å². The number of nitrogens with zero attached hydrogens (tertiary/aromatic N) is 4. The summed E-state index contributed by atoms with van der Waals surface area (Å²) in [4.78, 5) is 17.3. The summed E-state index contributed by atoms with van der Waals surface area (Å²) in [6.45, 7) is 0.244. The third kappa shape index (κ3) is 2.17. The summed E-state index contributed by atoms with van der Waals surface area (Å²) < 4.78 is 39.1. The monoisotopic (exact) mass is 305 g/mol. The van der Waals surface area contributed by atoms with Gasteiger partial charge in [-0.25, -0.2) is 4.79 Å². The maximum Gasteiger partial charge on any atom is 0.418 e. The van der Waals surface area contributed by atoms with Crippen LogP contribution in [-0.2, 0) is 14.7 Å². The zero-order valence-electron chi connectivity index (χ0n) is 10.0. The highest BCUT2D eigenvalue weighted by Gasteiger charge is 2.48. The standard InChI is InChI=1S/C8H11N5O6S/c9-7-10-6(11-18-7)5-2-1-4-3-12(5)8(14)13(4)19-20(15,16)17/h4-5H,1-3H2,(H2,9,10,11)(H,15,16,17)/t4-,5+/m1/s1. The minimum atomic E-state index is -4.75. The van der Waals surface area contributed by atoms with Crippen molar-refractivity contribution in [2.24, 2.45) is 0 Å². The second-order valence-electron chi connectivity index (χ2n) is 4.50. The number of hydroxylamine groups is 2. The molecule has 11 nitrogen and oxygen atoms in total. The molecule has 0 aromatic carbocycles. The number of piperidine rings is 1. The highest BCUT2D eigenvalue weighted by molar-refractivity contribution is 7.80. The topological polar surface area (TPSA) is 152 Å². The summed E-state index contributed by atoms with van der Waals surface area (Å²) in [5.74, 6) is 0.253. The summed E-state index contributed by atoms with van der Waals surface area (Å²) in [7, 11) is -4.75. The van der Waals surface area contributed by atoms with E-state index in [1.54, 1.807) is 0 Å². The van der Waals surface area contributed by atoms with Gasteiger partial charge >= 0.3 is 22.4 Å². The first kappa shape index (κ1) is 13.1. The molecule has 3 heterocycles. The highest BCUT2D eigenvalue weighted by Crippen LogP contribution is 2.37. The van der Waals surface area contributed by atoms with E-state index in [-0.39, 0.29) is 18.4 Å². The fraction of sp³-hybridized carbons (Fsp3) is 0.625. The van der Waals surface area contributed by atoms with Crippen molar-refractivity contribution in [3.05, 3.63) is 5.82 Å². The van der Waals surface area contributed by atoms with Crippen LogP contribution in [-0.4, -0.2) is 51.7 Å². The zero-order valence-corrected chi connectivity index (χ0v) is 10.9. The van der Waals surface area contributed by atoms with Gasteiger partial charge in [0.25, 0.3) is 0 Å². The van der Waals surface area contributed by atoms with Gasteiger partial charge in [0.1, 0.15) is 0 Å². The Morgan fingerprint density at radius 1 is 1.45 bits per heavy atom. The fourth-order valence-electron chi connectivity index (χ4n) is 2.48. The molecule has 0 aliphatic carbocycles. The minimum Gasteiger partial charge on any atom is -0.351 e. The van der Waals surface area contributed by atoms with E-state index in [0.29, 0.717) is 17.9 Å². The van der Waals surface area contributed by atoms with Crippen molar-refractivity contribution in [2.75, 3.05) is 12.3 Å². The molecule has 12 heteroatoms. The van der Waals surface area contributed by atoms with Gasteiger partial charge in [-0.2, -0.15) is 18.5 Å². The molecule has 2 amide bonds. The SMILES string of the molecule is Nc1nc([C@@H]2CC[C@@H]3CN2C(=O)N3OS(=O)(=O)O)no1. The summed E-state index contributed by atoms with van der Waals surface area (Å²) in [6, 6.07) is -1.71. The van der Waals surface area contributed by atoms with E-state index in [9.17, 15) is 13.2 Å². The number of carbonyl (C=O) groups is 1. The zero-order chi connectivity index (χ0) is 14.5. The molecule has 1 aromatic rings. The maximum absolute atomic E-state index is 12.1. The van der Waals surface area contributed by atoms with Crippen LogP contribution in [0, 0.1) is 0 Å². The molecule has 2 aliphatic heterocycles. The first-order valence-corrected chi connectivity index (χ1v) is 7.07. The molecule has 3 N–H and O–H groups in total. The Morgan fingerprint density at radius 2 is 2.20 bits per heavy atom. The average Bonchev–Trinajstić information content (AvgIpc) is 2.88.